The second-order valence-electron chi connectivity index (χ2n) is 7.63. The third kappa shape index (κ3) is 3.23. The molecule has 30 heavy (non-hydrogen) atoms. The minimum atomic E-state index is 0.230. The maximum absolute atomic E-state index is 11.0. The second-order valence-corrected chi connectivity index (χ2v) is 7.63. The number of hydrogen-bond donors (Lipinski definition) is 2. The predicted molar refractivity (Wildman–Crippen MR) is 118 cm³/mol. The van der Waals surface area contributed by atoms with Gasteiger partial charge in [0, 0.05) is 22.3 Å². The average molecular weight is 395 g/mol. The van der Waals surface area contributed by atoms with Crippen molar-refractivity contribution in [1.29, 1.82) is 0 Å². The molecule has 5 heteroatoms. The smallest absolute Gasteiger partial charge is 0.150 e. The molecule has 5 rings (SSSR count). The van der Waals surface area contributed by atoms with E-state index in [1.807, 2.05) is 48.5 Å². The summed E-state index contributed by atoms with van der Waals surface area (Å²) in [4.78, 5) is 30.6. The third-order valence-electron chi connectivity index (χ3n) is 5.77. The Hall–Kier alpha value is -3.57. The van der Waals surface area contributed by atoms with E-state index in [9.17, 15) is 9.59 Å². The Morgan fingerprint density at radius 1 is 0.800 bits per heavy atom. The standard InChI is InChI=1S/C25H21N3O2/c29-14-16-3-7-18(8-4-16)20-11-12-21(19-9-5-17(15-30)6-10-19)24-23(20)27-25(28-24)22-2-1-13-26-22/h3-12,14-15,22,26H,1-2,13H2,(H,27,28)/t22-/m0/s1. The van der Waals surface area contributed by atoms with Crippen LogP contribution >= 0.6 is 0 Å². The number of nitrogens with zero attached hydrogens (tertiary/aromatic N) is 1. The SMILES string of the molecule is O=Cc1ccc(-c2ccc(-c3ccc(C=O)cc3)c3[nH]c([C@@H]4CCCN4)nc23)cc1. The molecule has 0 saturated carbocycles. The van der Waals surface area contributed by atoms with Gasteiger partial charge < -0.3 is 10.3 Å². The highest BCUT2D eigenvalue weighted by Gasteiger charge is 2.22. The summed E-state index contributed by atoms with van der Waals surface area (Å²) < 4.78 is 0. The van der Waals surface area contributed by atoms with Gasteiger partial charge >= 0.3 is 0 Å². The number of carbonyl (C=O) groups excluding carboxylic acids is 2. The first-order valence-electron chi connectivity index (χ1n) is 10.1. The van der Waals surface area contributed by atoms with Crippen LogP contribution in [0.3, 0.4) is 0 Å². The number of aldehydes is 2. The fourth-order valence-corrected chi connectivity index (χ4v) is 4.15. The van der Waals surface area contributed by atoms with Crippen molar-refractivity contribution in [3.05, 3.63) is 77.6 Å². The molecule has 3 aromatic carbocycles. The maximum atomic E-state index is 11.0. The van der Waals surface area contributed by atoms with Crippen molar-refractivity contribution < 1.29 is 9.59 Å². The highest BCUT2D eigenvalue weighted by molar-refractivity contribution is 6.01. The first-order valence-corrected chi connectivity index (χ1v) is 10.1. The van der Waals surface area contributed by atoms with Crippen LogP contribution in [0.4, 0.5) is 0 Å². The molecule has 148 valence electrons. The van der Waals surface area contributed by atoms with E-state index in [1.165, 1.54) is 0 Å². The number of nitrogens with one attached hydrogen (secondary N) is 2. The highest BCUT2D eigenvalue weighted by atomic mass is 16.1. The average Bonchev–Trinajstić information content (AvgIpc) is 3.49. The number of hydrogen-bond acceptors (Lipinski definition) is 4. The fraction of sp³-hybridized carbons (Fsp3) is 0.160. The lowest BCUT2D eigenvalue weighted by atomic mass is 9.97. The Kier molecular flexibility index (Phi) is 4.73. The van der Waals surface area contributed by atoms with Gasteiger partial charge in [0.05, 0.1) is 17.1 Å². The molecule has 1 aromatic heterocycles. The van der Waals surface area contributed by atoms with Crippen LogP contribution in [-0.2, 0) is 0 Å². The predicted octanol–water partition coefficient (Wildman–Crippen LogP) is 4.95. The number of imidazole rings is 1. The summed E-state index contributed by atoms with van der Waals surface area (Å²) in [5, 5.41) is 3.51. The molecule has 1 fully saturated rings. The van der Waals surface area contributed by atoms with E-state index >= 15 is 0 Å². The molecular formula is C25H21N3O2. The van der Waals surface area contributed by atoms with Crippen molar-refractivity contribution in [3.63, 3.8) is 0 Å². The van der Waals surface area contributed by atoms with Crippen LogP contribution in [0.25, 0.3) is 33.3 Å². The molecule has 1 saturated heterocycles. The minimum absolute atomic E-state index is 0.230. The first-order chi connectivity index (χ1) is 14.8. The number of aromatic amines is 1. The second kappa shape index (κ2) is 7.69. The summed E-state index contributed by atoms with van der Waals surface area (Å²) in [6.45, 7) is 1.00. The van der Waals surface area contributed by atoms with Gasteiger partial charge in [-0.2, -0.15) is 0 Å². The molecular weight excluding hydrogens is 374 g/mol. The van der Waals surface area contributed by atoms with Gasteiger partial charge in [0.1, 0.15) is 18.4 Å². The van der Waals surface area contributed by atoms with Crippen LogP contribution in [0, 0.1) is 0 Å². The van der Waals surface area contributed by atoms with E-state index < -0.39 is 0 Å². The summed E-state index contributed by atoms with van der Waals surface area (Å²) in [5.41, 5.74) is 7.32. The van der Waals surface area contributed by atoms with Gasteiger partial charge in [-0.3, -0.25) is 9.59 Å². The van der Waals surface area contributed by atoms with Crippen molar-refractivity contribution in [2.75, 3.05) is 6.54 Å². The van der Waals surface area contributed by atoms with Crippen LogP contribution in [0.5, 0.6) is 0 Å². The van der Waals surface area contributed by atoms with E-state index in [1.54, 1.807) is 0 Å². The Bertz CT molecular complexity index is 1130. The van der Waals surface area contributed by atoms with E-state index in [4.69, 9.17) is 4.98 Å². The van der Waals surface area contributed by atoms with Crippen LogP contribution < -0.4 is 5.32 Å². The van der Waals surface area contributed by atoms with Gasteiger partial charge in [-0.25, -0.2) is 4.98 Å². The minimum Gasteiger partial charge on any atom is -0.340 e. The quantitative estimate of drug-likeness (QED) is 0.469. The summed E-state index contributed by atoms with van der Waals surface area (Å²) >= 11 is 0. The van der Waals surface area contributed by atoms with Gasteiger partial charge in [0.2, 0.25) is 0 Å². The summed E-state index contributed by atoms with van der Waals surface area (Å²) in [5.74, 6) is 0.949. The number of aromatic nitrogens is 2. The number of carbonyl (C=O) groups is 2. The molecule has 0 amide bonds. The molecule has 0 unspecified atom stereocenters. The van der Waals surface area contributed by atoms with Gasteiger partial charge in [-0.05, 0) is 30.5 Å². The normalized spacial score (nSPS) is 16.1. The van der Waals surface area contributed by atoms with Crippen LogP contribution in [0.1, 0.15) is 45.4 Å². The molecule has 0 spiro atoms. The topological polar surface area (TPSA) is 74.8 Å². The number of benzene rings is 3. The first kappa shape index (κ1) is 18.5. The van der Waals surface area contributed by atoms with Crippen molar-refractivity contribution in [3.8, 4) is 22.3 Å². The Morgan fingerprint density at radius 2 is 1.40 bits per heavy atom. The molecule has 1 aliphatic heterocycles. The largest absolute Gasteiger partial charge is 0.340 e. The molecule has 5 nitrogen and oxygen atoms in total. The van der Waals surface area contributed by atoms with E-state index in [2.05, 4.69) is 22.4 Å². The maximum Gasteiger partial charge on any atom is 0.150 e. The van der Waals surface area contributed by atoms with E-state index in [0.717, 1.165) is 71.1 Å². The molecule has 0 aliphatic carbocycles. The molecule has 4 aromatic rings. The van der Waals surface area contributed by atoms with Crippen LogP contribution in [0.15, 0.2) is 60.7 Å². The Morgan fingerprint density at radius 3 is 1.97 bits per heavy atom. The number of rotatable bonds is 5. The van der Waals surface area contributed by atoms with Crippen LogP contribution in [0.2, 0.25) is 0 Å². The van der Waals surface area contributed by atoms with Gasteiger partial charge in [-0.15, -0.1) is 0 Å². The van der Waals surface area contributed by atoms with E-state index in [0.29, 0.717) is 11.1 Å². The van der Waals surface area contributed by atoms with Crippen molar-refractivity contribution in [2.45, 2.75) is 18.9 Å². The van der Waals surface area contributed by atoms with Crippen LogP contribution in [-0.4, -0.2) is 29.1 Å². The molecule has 1 aliphatic rings. The molecule has 2 N–H and O–H groups in total. The lowest BCUT2D eigenvalue weighted by molar-refractivity contribution is 0.111. The third-order valence-corrected chi connectivity index (χ3v) is 5.77. The molecule has 2 heterocycles. The summed E-state index contributed by atoms with van der Waals surface area (Å²) in [7, 11) is 0. The zero-order valence-electron chi connectivity index (χ0n) is 16.4. The highest BCUT2D eigenvalue weighted by Crippen LogP contribution is 2.36. The molecule has 1 atom stereocenters. The Balaban J connectivity index is 1.69. The zero-order valence-corrected chi connectivity index (χ0v) is 16.4. The zero-order chi connectivity index (χ0) is 20.5. The van der Waals surface area contributed by atoms with Gasteiger partial charge in [0.25, 0.3) is 0 Å². The van der Waals surface area contributed by atoms with Crippen molar-refractivity contribution >= 4 is 23.6 Å². The number of fused-ring (bicyclic) bond motifs is 1. The summed E-state index contributed by atoms with van der Waals surface area (Å²) in [6, 6.07) is 19.5. The Labute approximate surface area is 174 Å². The summed E-state index contributed by atoms with van der Waals surface area (Å²) in [6.07, 6.45) is 3.91. The fourth-order valence-electron chi connectivity index (χ4n) is 4.15. The van der Waals surface area contributed by atoms with Crippen molar-refractivity contribution in [1.82, 2.24) is 15.3 Å². The van der Waals surface area contributed by atoms with Gasteiger partial charge in [-0.1, -0.05) is 60.7 Å². The lowest BCUT2D eigenvalue weighted by Crippen LogP contribution is -2.14. The lowest BCUT2D eigenvalue weighted by Gasteiger charge is -2.08. The van der Waals surface area contributed by atoms with E-state index in [-0.39, 0.29) is 6.04 Å². The monoisotopic (exact) mass is 395 g/mol. The van der Waals surface area contributed by atoms with Gasteiger partial charge in [0.15, 0.2) is 0 Å². The molecule has 0 radical (unpaired) electrons. The number of H-pyrrole nitrogens is 1. The molecule has 0 bridgehead atoms. The van der Waals surface area contributed by atoms with Crippen molar-refractivity contribution in [2.24, 2.45) is 0 Å².